The molecule has 2 aliphatic rings. The molecule has 2 aromatic heterocycles. The lowest BCUT2D eigenvalue weighted by atomic mass is 10.2. The monoisotopic (exact) mass is 335 g/mol. The summed E-state index contributed by atoms with van der Waals surface area (Å²) in [5.41, 5.74) is 0.754. The van der Waals surface area contributed by atoms with Crippen LogP contribution < -0.4 is 0 Å². The Balaban J connectivity index is 1.69. The highest BCUT2D eigenvalue weighted by Gasteiger charge is 2.41. The quantitative estimate of drug-likeness (QED) is 0.854. The molecule has 2 aliphatic heterocycles. The van der Waals surface area contributed by atoms with Crippen LogP contribution in [0, 0.1) is 0 Å². The van der Waals surface area contributed by atoms with Crippen molar-refractivity contribution in [2.45, 2.75) is 38.1 Å². The van der Waals surface area contributed by atoms with Gasteiger partial charge in [0.05, 0.1) is 6.04 Å². The van der Waals surface area contributed by atoms with Gasteiger partial charge < -0.3 is 0 Å². The molecule has 4 rings (SSSR count). The Hall–Kier alpha value is -1.51. The summed E-state index contributed by atoms with van der Waals surface area (Å²) < 4.78 is 31.2. The molecule has 7 nitrogen and oxygen atoms in total. The fraction of sp³-hybridized carbons (Fsp3) is 0.600. The molecule has 2 saturated heterocycles. The Kier molecular flexibility index (Phi) is 3.82. The van der Waals surface area contributed by atoms with Crippen molar-refractivity contribution in [2.75, 3.05) is 19.6 Å². The van der Waals surface area contributed by atoms with E-state index in [-0.39, 0.29) is 6.04 Å². The summed E-state index contributed by atoms with van der Waals surface area (Å²) in [5.74, 6) is 0.721. The van der Waals surface area contributed by atoms with Gasteiger partial charge in [0.1, 0.15) is 0 Å². The first kappa shape index (κ1) is 15.0. The third-order valence-electron chi connectivity index (χ3n) is 4.78. The van der Waals surface area contributed by atoms with Crippen molar-refractivity contribution in [3.05, 3.63) is 30.2 Å². The summed E-state index contributed by atoms with van der Waals surface area (Å²) in [4.78, 5) is 0. The lowest BCUT2D eigenvalue weighted by Crippen LogP contribution is -2.45. The molecule has 0 saturated carbocycles. The number of aromatic nitrogens is 3. The smallest absolute Gasteiger partial charge is 0.282 e. The van der Waals surface area contributed by atoms with E-state index in [1.54, 1.807) is 8.61 Å². The predicted molar refractivity (Wildman–Crippen MR) is 86.0 cm³/mol. The van der Waals surface area contributed by atoms with Gasteiger partial charge in [-0.15, -0.1) is 10.2 Å². The third-order valence-corrected chi connectivity index (χ3v) is 6.83. The van der Waals surface area contributed by atoms with Gasteiger partial charge in [-0.2, -0.15) is 17.0 Å². The van der Waals surface area contributed by atoms with Gasteiger partial charge >= 0.3 is 0 Å². The number of piperidine rings is 1. The molecule has 0 N–H and O–H groups in total. The Labute approximate surface area is 136 Å². The van der Waals surface area contributed by atoms with Crippen LogP contribution in [0.25, 0.3) is 5.65 Å². The van der Waals surface area contributed by atoms with E-state index in [1.165, 1.54) is 0 Å². The summed E-state index contributed by atoms with van der Waals surface area (Å²) in [7, 11) is -3.42. The van der Waals surface area contributed by atoms with E-state index in [4.69, 9.17) is 0 Å². The summed E-state index contributed by atoms with van der Waals surface area (Å²) in [5, 5.41) is 8.44. The minimum absolute atomic E-state index is 0.223. The molecule has 0 unspecified atom stereocenters. The summed E-state index contributed by atoms with van der Waals surface area (Å²) in [6, 6.07) is 5.48. The first-order chi connectivity index (χ1) is 11.2. The Morgan fingerprint density at radius 2 is 1.83 bits per heavy atom. The Bertz CT molecular complexity index is 797. The molecule has 23 heavy (non-hydrogen) atoms. The third kappa shape index (κ3) is 2.54. The molecule has 2 aromatic rings. The maximum Gasteiger partial charge on any atom is 0.282 e. The molecule has 8 heteroatoms. The SMILES string of the molecule is O=S(=O)(N1CCCCC1)N1CCC[C@@H]1c1nnc2ccccn12. The topological polar surface area (TPSA) is 70.8 Å². The first-order valence-electron chi connectivity index (χ1n) is 8.24. The number of hydrogen-bond donors (Lipinski definition) is 0. The van der Waals surface area contributed by atoms with Gasteiger partial charge in [-0.3, -0.25) is 4.40 Å². The number of hydrogen-bond acceptors (Lipinski definition) is 4. The van der Waals surface area contributed by atoms with Gasteiger partial charge in [0.2, 0.25) is 0 Å². The highest BCUT2D eigenvalue weighted by molar-refractivity contribution is 7.86. The zero-order chi connectivity index (χ0) is 15.9. The van der Waals surface area contributed by atoms with Crippen molar-refractivity contribution in [3.63, 3.8) is 0 Å². The zero-order valence-corrected chi connectivity index (χ0v) is 13.8. The minimum atomic E-state index is -3.42. The minimum Gasteiger partial charge on any atom is -0.285 e. The standard InChI is InChI=1S/C15H21N5O2S/c21-23(22,18-9-3-1-4-10-18)20-12-6-7-13(20)15-17-16-14-8-2-5-11-19(14)15/h2,5,8,11,13H,1,3-4,6-7,9-10,12H2/t13-/m1/s1. The highest BCUT2D eigenvalue weighted by Crippen LogP contribution is 2.35. The van der Waals surface area contributed by atoms with E-state index in [0.717, 1.165) is 43.6 Å². The van der Waals surface area contributed by atoms with Crippen LogP contribution in [-0.2, 0) is 10.2 Å². The second kappa shape index (κ2) is 5.85. The second-order valence-corrected chi connectivity index (χ2v) is 8.10. The fourth-order valence-electron chi connectivity index (χ4n) is 3.61. The van der Waals surface area contributed by atoms with Crippen LogP contribution in [0.2, 0.25) is 0 Å². The fourth-order valence-corrected chi connectivity index (χ4v) is 5.50. The molecular weight excluding hydrogens is 314 g/mol. The highest BCUT2D eigenvalue weighted by atomic mass is 32.2. The Morgan fingerprint density at radius 3 is 2.65 bits per heavy atom. The first-order valence-corrected chi connectivity index (χ1v) is 9.64. The van der Waals surface area contributed by atoms with Gasteiger partial charge in [0, 0.05) is 25.8 Å². The number of fused-ring (bicyclic) bond motifs is 1. The van der Waals surface area contributed by atoms with Crippen molar-refractivity contribution < 1.29 is 8.42 Å². The summed E-state index contributed by atoms with van der Waals surface area (Å²) in [6.07, 6.45) is 6.57. The zero-order valence-electron chi connectivity index (χ0n) is 13.0. The van der Waals surface area contributed by atoms with Gasteiger partial charge in [-0.25, -0.2) is 0 Å². The van der Waals surface area contributed by atoms with Gasteiger partial charge in [0.15, 0.2) is 11.5 Å². The van der Waals surface area contributed by atoms with Crippen molar-refractivity contribution >= 4 is 15.9 Å². The summed E-state index contributed by atoms with van der Waals surface area (Å²) >= 11 is 0. The Morgan fingerprint density at radius 1 is 1.00 bits per heavy atom. The number of nitrogens with zero attached hydrogens (tertiary/aromatic N) is 5. The van der Waals surface area contributed by atoms with Crippen LogP contribution in [0.4, 0.5) is 0 Å². The maximum atomic E-state index is 13.0. The van der Waals surface area contributed by atoms with E-state index >= 15 is 0 Å². The summed E-state index contributed by atoms with van der Waals surface area (Å²) in [6.45, 7) is 1.82. The van der Waals surface area contributed by atoms with Gasteiger partial charge in [-0.1, -0.05) is 12.5 Å². The van der Waals surface area contributed by atoms with Crippen LogP contribution in [0.15, 0.2) is 24.4 Å². The normalized spacial score (nSPS) is 24.4. The molecule has 124 valence electrons. The van der Waals surface area contributed by atoms with Crippen LogP contribution >= 0.6 is 0 Å². The lowest BCUT2D eigenvalue weighted by Gasteiger charge is -2.32. The van der Waals surface area contributed by atoms with Crippen LogP contribution in [0.1, 0.15) is 44.0 Å². The molecule has 2 fully saturated rings. The molecule has 0 bridgehead atoms. The van der Waals surface area contributed by atoms with Gasteiger partial charge in [-0.05, 0) is 37.8 Å². The van der Waals surface area contributed by atoms with Crippen LogP contribution in [-0.4, -0.2) is 51.3 Å². The van der Waals surface area contributed by atoms with Crippen molar-refractivity contribution in [1.82, 2.24) is 23.2 Å². The molecule has 0 aromatic carbocycles. The van der Waals surface area contributed by atoms with E-state index in [1.807, 2.05) is 28.8 Å². The lowest BCUT2D eigenvalue weighted by molar-refractivity contribution is 0.292. The maximum absolute atomic E-state index is 13.0. The van der Waals surface area contributed by atoms with Crippen molar-refractivity contribution in [2.24, 2.45) is 0 Å². The number of rotatable bonds is 3. The molecule has 0 spiro atoms. The molecule has 1 atom stereocenters. The molecule has 0 amide bonds. The van der Waals surface area contributed by atoms with Gasteiger partial charge in [0.25, 0.3) is 10.2 Å². The number of pyridine rings is 1. The van der Waals surface area contributed by atoms with Crippen LogP contribution in [0.3, 0.4) is 0 Å². The van der Waals surface area contributed by atoms with E-state index in [0.29, 0.717) is 19.6 Å². The molecular formula is C15H21N5O2S. The van der Waals surface area contributed by atoms with Crippen LogP contribution in [0.5, 0.6) is 0 Å². The predicted octanol–water partition coefficient (Wildman–Crippen LogP) is 1.60. The second-order valence-electron chi connectivity index (χ2n) is 6.22. The largest absolute Gasteiger partial charge is 0.285 e. The van der Waals surface area contributed by atoms with Crippen molar-refractivity contribution in [3.8, 4) is 0 Å². The van der Waals surface area contributed by atoms with E-state index in [2.05, 4.69) is 10.2 Å². The van der Waals surface area contributed by atoms with Crippen molar-refractivity contribution in [1.29, 1.82) is 0 Å². The van der Waals surface area contributed by atoms with E-state index in [9.17, 15) is 8.42 Å². The van der Waals surface area contributed by atoms with E-state index < -0.39 is 10.2 Å². The average Bonchev–Trinajstić information content (AvgIpc) is 3.22. The molecule has 0 radical (unpaired) electrons. The molecule has 0 aliphatic carbocycles. The molecule has 4 heterocycles. The average molecular weight is 335 g/mol.